The third-order valence-corrected chi connectivity index (χ3v) is 2.68. The zero-order chi connectivity index (χ0) is 11.7. The Balaban J connectivity index is 2.68. The Kier molecular flexibility index (Phi) is 2.97. The van der Waals surface area contributed by atoms with Crippen molar-refractivity contribution in [1.29, 1.82) is 0 Å². The van der Waals surface area contributed by atoms with Crippen LogP contribution in [0, 0.1) is 5.92 Å². The maximum atomic E-state index is 6.09. The summed E-state index contributed by atoms with van der Waals surface area (Å²) in [6.45, 7) is 4.29. The highest BCUT2D eigenvalue weighted by Gasteiger charge is 2.09. The van der Waals surface area contributed by atoms with Crippen molar-refractivity contribution in [2.24, 2.45) is 5.92 Å². The third-order valence-electron chi connectivity index (χ3n) is 2.38. The summed E-state index contributed by atoms with van der Waals surface area (Å²) in [5, 5.41) is 1.62. The van der Waals surface area contributed by atoms with E-state index in [0.717, 1.165) is 23.0 Å². The summed E-state index contributed by atoms with van der Waals surface area (Å²) in [4.78, 5) is 8.47. The zero-order valence-corrected chi connectivity index (χ0v) is 10.1. The standard InChI is InChI=1S/C12H14ClN3/c1-7(2)6-10-8-4-3-5-9(13)11(8)16-12(14)15-10/h3-5,7H,6H2,1-2H3,(H2,14,15,16). The van der Waals surface area contributed by atoms with Gasteiger partial charge in [-0.3, -0.25) is 0 Å². The Morgan fingerprint density at radius 3 is 2.75 bits per heavy atom. The molecule has 0 aliphatic rings. The molecule has 1 aromatic carbocycles. The zero-order valence-electron chi connectivity index (χ0n) is 9.37. The van der Waals surface area contributed by atoms with Gasteiger partial charge in [0.15, 0.2) is 0 Å². The van der Waals surface area contributed by atoms with E-state index < -0.39 is 0 Å². The minimum Gasteiger partial charge on any atom is -0.368 e. The fourth-order valence-corrected chi connectivity index (χ4v) is 1.96. The van der Waals surface area contributed by atoms with Gasteiger partial charge in [-0.2, -0.15) is 0 Å². The highest BCUT2D eigenvalue weighted by atomic mass is 35.5. The first kappa shape index (κ1) is 11.1. The van der Waals surface area contributed by atoms with Crippen LogP contribution in [-0.2, 0) is 6.42 Å². The van der Waals surface area contributed by atoms with Gasteiger partial charge in [-0.15, -0.1) is 0 Å². The largest absolute Gasteiger partial charge is 0.368 e. The van der Waals surface area contributed by atoms with Gasteiger partial charge >= 0.3 is 0 Å². The van der Waals surface area contributed by atoms with Crippen molar-refractivity contribution < 1.29 is 0 Å². The van der Waals surface area contributed by atoms with Crippen molar-refractivity contribution in [1.82, 2.24) is 9.97 Å². The monoisotopic (exact) mass is 235 g/mol. The first-order valence-electron chi connectivity index (χ1n) is 5.28. The molecule has 3 nitrogen and oxygen atoms in total. The van der Waals surface area contributed by atoms with E-state index in [-0.39, 0.29) is 5.95 Å². The number of hydrogen-bond donors (Lipinski definition) is 1. The van der Waals surface area contributed by atoms with Gasteiger partial charge in [0, 0.05) is 5.39 Å². The molecule has 1 aromatic heterocycles. The van der Waals surface area contributed by atoms with Gasteiger partial charge in [-0.05, 0) is 18.4 Å². The van der Waals surface area contributed by atoms with E-state index >= 15 is 0 Å². The van der Waals surface area contributed by atoms with Crippen LogP contribution >= 0.6 is 11.6 Å². The lowest BCUT2D eigenvalue weighted by Crippen LogP contribution is -2.04. The highest BCUT2D eigenvalue weighted by Crippen LogP contribution is 2.25. The predicted molar refractivity (Wildman–Crippen MR) is 67.5 cm³/mol. The van der Waals surface area contributed by atoms with Gasteiger partial charge in [0.05, 0.1) is 16.2 Å². The molecule has 1 heterocycles. The van der Waals surface area contributed by atoms with E-state index in [2.05, 4.69) is 23.8 Å². The van der Waals surface area contributed by atoms with Crippen LogP contribution < -0.4 is 5.73 Å². The van der Waals surface area contributed by atoms with E-state index in [0.29, 0.717) is 10.9 Å². The van der Waals surface area contributed by atoms with Crippen molar-refractivity contribution in [3.05, 3.63) is 28.9 Å². The molecule has 0 saturated heterocycles. The summed E-state index contributed by atoms with van der Waals surface area (Å²) in [5.41, 5.74) is 7.40. The maximum absolute atomic E-state index is 6.09. The van der Waals surface area contributed by atoms with Crippen LogP contribution in [0.1, 0.15) is 19.5 Å². The van der Waals surface area contributed by atoms with Gasteiger partial charge in [0.1, 0.15) is 0 Å². The second kappa shape index (κ2) is 4.26. The molecule has 2 aromatic rings. The van der Waals surface area contributed by atoms with Crippen LogP contribution in [0.25, 0.3) is 10.9 Å². The van der Waals surface area contributed by atoms with Gasteiger partial charge in [-0.25, -0.2) is 9.97 Å². The number of nitrogens with two attached hydrogens (primary N) is 1. The summed E-state index contributed by atoms with van der Waals surface area (Å²) in [6.07, 6.45) is 0.879. The van der Waals surface area contributed by atoms with Gasteiger partial charge in [-0.1, -0.05) is 37.6 Å². The number of aromatic nitrogens is 2. The molecule has 0 radical (unpaired) electrons. The van der Waals surface area contributed by atoms with Crippen LogP contribution in [0.4, 0.5) is 5.95 Å². The van der Waals surface area contributed by atoms with Crippen molar-refractivity contribution in [3.8, 4) is 0 Å². The lowest BCUT2D eigenvalue weighted by molar-refractivity contribution is 0.639. The second-order valence-corrected chi connectivity index (χ2v) is 4.67. The maximum Gasteiger partial charge on any atom is 0.220 e. The Morgan fingerprint density at radius 1 is 1.31 bits per heavy atom. The Morgan fingerprint density at radius 2 is 2.06 bits per heavy atom. The highest BCUT2D eigenvalue weighted by molar-refractivity contribution is 6.35. The van der Waals surface area contributed by atoms with E-state index in [1.54, 1.807) is 0 Å². The molecule has 0 unspecified atom stereocenters. The molecule has 16 heavy (non-hydrogen) atoms. The quantitative estimate of drug-likeness (QED) is 0.871. The molecular formula is C12H14ClN3. The number of nitrogen functional groups attached to an aromatic ring is 1. The average Bonchev–Trinajstić information content (AvgIpc) is 2.18. The molecule has 2 N–H and O–H groups in total. The third kappa shape index (κ3) is 2.09. The van der Waals surface area contributed by atoms with Crippen molar-refractivity contribution in [3.63, 3.8) is 0 Å². The lowest BCUT2D eigenvalue weighted by atomic mass is 10.0. The summed E-state index contributed by atoms with van der Waals surface area (Å²) in [6, 6.07) is 5.71. The molecule has 0 aliphatic carbocycles. The number of nitrogens with zero attached hydrogens (tertiary/aromatic N) is 2. The number of halogens is 1. The number of para-hydroxylation sites is 1. The molecule has 0 fully saturated rings. The molecule has 0 saturated carbocycles. The molecule has 0 aliphatic heterocycles. The minimum absolute atomic E-state index is 0.288. The fourth-order valence-electron chi connectivity index (χ4n) is 1.74. The van der Waals surface area contributed by atoms with Crippen LogP contribution in [0.5, 0.6) is 0 Å². The van der Waals surface area contributed by atoms with Crippen molar-refractivity contribution >= 4 is 28.5 Å². The Labute approximate surface area is 99.7 Å². The molecule has 0 spiro atoms. The van der Waals surface area contributed by atoms with Crippen LogP contribution in [0.2, 0.25) is 5.02 Å². The Hall–Kier alpha value is -1.35. The molecule has 0 amide bonds. The van der Waals surface area contributed by atoms with E-state index in [1.807, 2.05) is 18.2 Å². The van der Waals surface area contributed by atoms with Crippen molar-refractivity contribution in [2.45, 2.75) is 20.3 Å². The molecular weight excluding hydrogens is 222 g/mol. The molecule has 84 valence electrons. The smallest absolute Gasteiger partial charge is 0.220 e. The summed E-state index contributed by atoms with van der Waals surface area (Å²) >= 11 is 6.09. The SMILES string of the molecule is CC(C)Cc1nc(N)nc2c(Cl)cccc12. The van der Waals surface area contributed by atoms with Crippen LogP contribution in [0.15, 0.2) is 18.2 Å². The number of hydrogen-bond acceptors (Lipinski definition) is 3. The van der Waals surface area contributed by atoms with Crippen LogP contribution in [-0.4, -0.2) is 9.97 Å². The number of fused-ring (bicyclic) bond motifs is 1. The molecule has 0 bridgehead atoms. The minimum atomic E-state index is 0.288. The second-order valence-electron chi connectivity index (χ2n) is 4.26. The fraction of sp³-hybridized carbons (Fsp3) is 0.333. The van der Waals surface area contributed by atoms with E-state index in [9.17, 15) is 0 Å². The first-order chi connectivity index (χ1) is 7.58. The number of anilines is 1. The van der Waals surface area contributed by atoms with Gasteiger partial charge in [0.25, 0.3) is 0 Å². The normalized spacial score (nSPS) is 11.2. The summed E-state index contributed by atoms with van der Waals surface area (Å²) in [5.74, 6) is 0.813. The predicted octanol–water partition coefficient (Wildman–Crippen LogP) is 3.06. The van der Waals surface area contributed by atoms with Gasteiger partial charge < -0.3 is 5.73 Å². The number of rotatable bonds is 2. The lowest BCUT2D eigenvalue weighted by Gasteiger charge is -2.09. The van der Waals surface area contributed by atoms with E-state index in [4.69, 9.17) is 17.3 Å². The van der Waals surface area contributed by atoms with E-state index in [1.165, 1.54) is 0 Å². The van der Waals surface area contributed by atoms with Gasteiger partial charge in [0.2, 0.25) is 5.95 Å². The average molecular weight is 236 g/mol. The number of benzene rings is 1. The summed E-state index contributed by atoms with van der Waals surface area (Å²) < 4.78 is 0. The van der Waals surface area contributed by atoms with Crippen LogP contribution in [0.3, 0.4) is 0 Å². The molecule has 0 atom stereocenters. The molecule has 2 rings (SSSR count). The topological polar surface area (TPSA) is 51.8 Å². The summed E-state index contributed by atoms with van der Waals surface area (Å²) in [7, 11) is 0. The molecule has 4 heteroatoms. The first-order valence-corrected chi connectivity index (χ1v) is 5.66. The van der Waals surface area contributed by atoms with Crippen molar-refractivity contribution in [2.75, 3.05) is 5.73 Å². The Bertz CT molecular complexity index is 523.